The van der Waals surface area contributed by atoms with Crippen LogP contribution in [0.5, 0.6) is 0 Å². The molecule has 6 N–H and O–H groups in total. The van der Waals surface area contributed by atoms with Crippen molar-refractivity contribution in [3.8, 4) is 0 Å². The van der Waals surface area contributed by atoms with Gasteiger partial charge < -0.3 is 30.9 Å². The highest BCUT2D eigenvalue weighted by Crippen LogP contribution is 2.17. The highest BCUT2D eigenvalue weighted by atomic mass is 16.6. The summed E-state index contributed by atoms with van der Waals surface area (Å²) in [5.74, 6) is 0. The maximum Gasteiger partial charge on any atom is 0.135 e. The van der Waals surface area contributed by atoms with Crippen molar-refractivity contribution in [3.63, 3.8) is 0 Å². The maximum absolute atomic E-state index is 9.18. The number of rotatable bonds is 1. The summed E-state index contributed by atoms with van der Waals surface area (Å²) in [6, 6.07) is 0. The quantitative estimate of drug-likeness (QED) is 0.288. The molecule has 6 heteroatoms. The van der Waals surface area contributed by atoms with Gasteiger partial charge >= 0.3 is 0 Å². The zero-order valence-electron chi connectivity index (χ0n) is 6.37. The molecule has 0 aliphatic carbocycles. The zero-order valence-corrected chi connectivity index (χ0v) is 6.37. The van der Waals surface area contributed by atoms with Crippen LogP contribution in [0.1, 0.15) is 0 Å². The lowest BCUT2D eigenvalue weighted by Gasteiger charge is -2.38. The van der Waals surface area contributed by atoms with Crippen molar-refractivity contribution in [2.24, 2.45) is 5.73 Å². The zero-order chi connectivity index (χ0) is 9.30. The van der Waals surface area contributed by atoms with Crippen molar-refractivity contribution in [3.05, 3.63) is 0 Å². The molecule has 1 aliphatic heterocycles. The summed E-state index contributed by atoms with van der Waals surface area (Å²) in [5.41, 5.74) is 5.24. The Kier molecular flexibility index (Phi) is 2.99. The van der Waals surface area contributed by atoms with Crippen LogP contribution in [0, 0.1) is 0 Å². The number of aliphatic hydroxyl groups is 4. The van der Waals surface area contributed by atoms with Gasteiger partial charge in [-0.2, -0.15) is 0 Å². The Balaban J connectivity index is 2.63. The van der Waals surface area contributed by atoms with Gasteiger partial charge in [0.15, 0.2) is 0 Å². The van der Waals surface area contributed by atoms with Crippen LogP contribution in [0.25, 0.3) is 0 Å². The molecule has 0 aromatic rings. The Hall–Kier alpha value is -0.240. The van der Waals surface area contributed by atoms with Crippen LogP contribution in [0.3, 0.4) is 0 Å². The molecule has 0 aromatic carbocycles. The molecule has 1 rings (SSSR count). The van der Waals surface area contributed by atoms with Crippen molar-refractivity contribution in [2.75, 3.05) is 6.61 Å². The minimum absolute atomic E-state index is 0.446. The summed E-state index contributed by atoms with van der Waals surface area (Å²) >= 11 is 0. The summed E-state index contributed by atoms with van der Waals surface area (Å²) in [4.78, 5) is 0. The normalized spacial score (nSPS) is 49.2. The molecule has 5 atom stereocenters. The smallest absolute Gasteiger partial charge is 0.135 e. The number of aliphatic hydroxyl groups excluding tert-OH is 4. The highest BCUT2D eigenvalue weighted by molar-refractivity contribution is 4.89. The van der Waals surface area contributed by atoms with Gasteiger partial charge in [-0.1, -0.05) is 0 Å². The van der Waals surface area contributed by atoms with Crippen LogP contribution < -0.4 is 5.73 Å². The fourth-order valence-corrected chi connectivity index (χ4v) is 1.13. The van der Waals surface area contributed by atoms with Crippen molar-refractivity contribution < 1.29 is 25.2 Å². The number of ether oxygens (including phenoxy) is 1. The first-order chi connectivity index (χ1) is 5.57. The van der Waals surface area contributed by atoms with E-state index < -0.39 is 37.3 Å². The molecule has 0 spiro atoms. The van der Waals surface area contributed by atoms with E-state index >= 15 is 0 Å². The number of hydrogen-bond acceptors (Lipinski definition) is 6. The molecule has 2 unspecified atom stereocenters. The Morgan fingerprint density at radius 1 is 1.08 bits per heavy atom. The molecule has 1 saturated heterocycles. The van der Waals surface area contributed by atoms with Gasteiger partial charge in [0.25, 0.3) is 0 Å². The van der Waals surface area contributed by atoms with Gasteiger partial charge in [0.05, 0.1) is 6.61 Å². The second-order valence-corrected chi connectivity index (χ2v) is 2.79. The third-order valence-electron chi connectivity index (χ3n) is 1.93. The molecule has 0 amide bonds. The lowest BCUT2D eigenvalue weighted by molar-refractivity contribution is -0.227. The van der Waals surface area contributed by atoms with E-state index in [0.717, 1.165) is 0 Å². The van der Waals surface area contributed by atoms with Gasteiger partial charge in [0.1, 0.15) is 30.6 Å². The molecular formula is C6H13NO5. The highest BCUT2D eigenvalue weighted by Gasteiger charge is 2.41. The Labute approximate surface area is 69.2 Å². The van der Waals surface area contributed by atoms with Crippen LogP contribution >= 0.6 is 0 Å². The third kappa shape index (κ3) is 1.58. The first kappa shape index (κ1) is 9.85. The summed E-state index contributed by atoms with van der Waals surface area (Å²) in [6.07, 6.45) is -5.99. The van der Waals surface area contributed by atoms with Crippen molar-refractivity contribution >= 4 is 0 Å². The van der Waals surface area contributed by atoms with Crippen LogP contribution in [0.2, 0.25) is 0 Å². The second kappa shape index (κ2) is 3.65. The Bertz CT molecular complexity index is 150. The van der Waals surface area contributed by atoms with E-state index in [-0.39, 0.29) is 0 Å². The molecule has 6 nitrogen and oxygen atoms in total. The van der Waals surface area contributed by atoms with E-state index in [4.69, 9.17) is 25.8 Å². The Morgan fingerprint density at radius 3 is 2.17 bits per heavy atom. The summed E-state index contributed by atoms with van der Waals surface area (Å²) in [5, 5.41) is 36.1. The van der Waals surface area contributed by atoms with Gasteiger partial charge in [0, 0.05) is 0 Å². The lowest BCUT2D eigenvalue weighted by Crippen LogP contribution is -2.61. The molecular weight excluding hydrogens is 166 g/mol. The fraction of sp³-hybridized carbons (Fsp3) is 1.00. The summed E-state index contributed by atoms with van der Waals surface area (Å²) < 4.78 is 4.80. The largest absolute Gasteiger partial charge is 0.394 e. The van der Waals surface area contributed by atoms with Gasteiger partial charge in [-0.3, -0.25) is 0 Å². The van der Waals surface area contributed by atoms with Crippen molar-refractivity contribution in [2.45, 2.75) is 30.6 Å². The monoisotopic (exact) mass is 179 g/mol. The summed E-state index contributed by atoms with van der Waals surface area (Å²) in [7, 11) is 0. The predicted octanol–water partition coefficient (Wildman–Crippen LogP) is -3.25. The molecule has 0 radical (unpaired) electrons. The third-order valence-corrected chi connectivity index (χ3v) is 1.93. The number of hydrogen-bond donors (Lipinski definition) is 5. The second-order valence-electron chi connectivity index (χ2n) is 2.79. The molecule has 1 heterocycles. The molecule has 0 bridgehead atoms. The lowest BCUT2D eigenvalue weighted by atomic mass is 9.99. The molecule has 72 valence electrons. The summed E-state index contributed by atoms with van der Waals surface area (Å²) in [6.45, 7) is -0.446. The average molecular weight is 179 g/mol. The molecule has 0 aromatic heterocycles. The first-order valence-electron chi connectivity index (χ1n) is 3.64. The maximum atomic E-state index is 9.18. The van der Waals surface area contributed by atoms with Gasteiger partial charge in [-0.05, 0) is 0 Å². The molecule has 12 heavy (non-hydrogen) atoms. The van der Waals surface area contributed by atoms with E-state index in [0.29, 0.717) is 0 Å². The predicted molar refractivity (Wildman–Crippen MR) is 38.0 cm³/mol. The first-order valence-corrected chi connectivity index (χ1v) is 3.64. The van der Waals surface area contributed by atoms with Crippen molar-refractivity contribution in [1.82, 2.24) is 0 Å². The molecule has 1 aliphatic rings. The van der Waals surface area contributed by atoms with Crippen LogP contribution in [0.15, 0.2) is 0 Å². The van der Waals surface area contributed by atoms with Crippen molar-refractivity contribution in [1.29, 1.82) is 0 Å². The SMILES string of the molecule is N[C@@H]1OC(CO)[C@H](O)[C@@H](O)C1O. The van der Waals surface area contributed by atoms with Crippen LogP contribution in [-0.4, -0.2) is 57.7 Å². The standard InChI is InChI=1S/C6H13NO5/c7-6-5(11)4(10)3(9)2(1-8)12-6/h2-6,8-11H,1,7H2/t2?,3-,4+,5?,6+/m0/s1. The number of nitrogens with two attached hydrogens (primary N) is 1. The van der Waals surface area contributed by atoms with Gasteiger partial charge in [0.2, 0.25) is 0 Å². The van der Waals surface area contributed by atoms with E-state index in [9.17, 15) is 5.11 Å². The van der Waals surface area contributed by atoms with Gasteiger partial charge in [-0.15, -0.1) is 0 Å². The molecule has 1 fully saturated rings. The van der Waals surface area contributed by atoms with E-state index in [1.165, 1.54) is 0 Å². The average Bonchev–Trinajstić information content (AvgIpc) is 2.08. The fourth-order valence-electron chi connectivity index (χ4n) is 1.13. The van der Waals surface area contributed by atoms with Crippen LogP contribution in [0.4, 0.5) is 0 Å². The van der Waals surface area contributed by atoms with E-state index in [1.54, 1.807) is 0 Å². The van der Waals surface area contributed by atoms with Crippen LogP contribution in [-0.2, 0) is 4.74 Å². The minimum Gasteiger partial charge on any atom is -0.394 e. The van der Waals surface area contributed by atoms with E-state index in [1.807, 2.05) is 0 Å². The topological polar surface area (TPSA) is 116 Å². The minimum atomic E-state index is -1.37. The molecule has 0 saturated carbocycles. The van der Waals surface area contributed by atoms with Gasteiger partial charge in [-0.25, -0.2) is 0 Å². The van der Waals surface area contributed by atoms with E-state index in [2.05, 4.69) is 0 Å². The Morgan fingerprint density at radius 2 is 1.67 bits per heavy atom.